The molecule has 25 heavy (non-hydrogen) atoms. The van der Waals surface area contributed by atoms with E-state index in [1.165, 1.54) is 30.3 Å². The van der Waals surface area contributed by atoms with Crippen LogP contribution in [0.5, 0.6) is 5.75 Å². The summed E-state index contributed by atoms with van der Waals surface area (Å²) in [5.74, 6) is -4.46. The molecule has 0 bridgehead atoms. The monoisotopic (exact) mass is 376 g/mol. The first-order valence-electron chi connectivity index (χ1n) is 6.99. The van der Waals surface area contributed by atoms with Crippen molar-refractivity contribution in [2.45, 2.75) is 12.3 Å². The Morgan fingerprint density at radius 1 is 1.12 bits per heavy atom. The van der Waals surface area contributed by atoms with Crippen molar-refractivity contribution in [2.75, 3.05) is 17.2 Å². The van der Waals surface area contributed by atoms with Gasteiger partial charge in [0.2, 0.25) is 0 Å². The van der Waals surface area contributed by atoms with Crippen molar-refractivity contribution in [1.82, 2.24) is 0 Å². The first-order valence-corrected chi connectivity index (χ1v) is 7.37. The predicted octanol–water partition coefficient (Wildman–Crippen LogP) is 5.26. The van der Waals surface area contributed by atoms with Crippen molar-refractivity contribution in [2.24, 2.45) is 0 Å². The Balaban J connectivity index is 2.03. The van der Waals surface area contributed by atoms with Gasteiger partial charge in [0.1, 0.15) is 5.75 Å². The number of hydrogen-bond acceptors (Lipinski definition) is 2. The molecule has 0 radical (unpaired) electrons. The molecule has 4 nitrogen and oxygen atoms in total. The second-order valence-corrected chi connectivity index (χ2v) is 5.37. The molecule has 2 rings (SSSR count). The van der Waals surface area contributed by atoms with Crippen LogP contribution in [-0.2, 0) is 0 Å². The third kappa shape index (κ3) is 5.53. The summed E-state index contributed by atoms with van der Waals surface area (Å²) in [6.07, 6.45) is -3.85. The molecule has 0 fully saturated rings. The summed E-state index contributed by atoms with van der Waals surface area (Å²) in [7, 11) is 0. The van der Waals surface area contributed by atoms with Crippen molar-refractivity contribution in [3.8, 4) is 5.75 Å². The van der Waals surface area contributed by atoms with E-state index in [4.69, 9.17) is 16.3 Å². The molecule has 2 aromatic rings. The van der Waals surface area contributed by atoms with E-state index in [-0.39, 0.29) is 11.4 Å². The molecule has 0 spiro atoms. The average molecular weight is 377 g/mol. The number of ether oxygens (including phenoxy) is 1. The SMILES string of the molecule is O=C(Nc1cccc(Cl)c1)Nc1ccccc1OCC(F)(F)C(F)F. The van der Waals surface area contributed by atoms with Gasteiger partial charge < -0.3 is 15.4 Å². The van der Waals surface area contributed by atoms with Crippen LogP contribution in [0.3, 0.4) is 0 Å². The summed E-state index contributed by atoms with van der Waals surface area (Å²) in [5.41, 5.74) is 0.458. The summed E-state index contributed by atoms with van der Waals surface area (Å²) in [6.45, 7) is -1.51. The molecule has 9 heteroatoms. The van der Waals surface area contributed by atoms with Gasteiger partial charge >= 0.3 is 18.4 Å². The first-order chi connectivity index (χ1) is 11.8. The zero-order chi connectivity index (χ0) is 18.4. The second-order valence-electron chi connectivity index (χ2n) is 4.94. The minimum Gasteiger partial charge on any atom is -0.485 e. The van der Waals surface area contributed by atoms with Gasteiger partial charge in [-0.3, -0.25) is 0 Å². The van der Waals surface area contributed by atoms with E-state index < -0.39 is 25.0 Å². The standard InChI is InChI=1S/C16H13ClF4N2O2/c17-10-4-3-5-11(8-10)22-15(24)23-12-6-1-2-7-13(12)25-9-16(20,21)14(18)19/h1-8,14H,9H2,(H2,22,23,24). The third-order valence-electron chi connectivity index (χ3n) is 2.96. The lowest BCUT2D eigenvalue weighted by Crippen LogP contribution is -2.34. The lowest BCUT2D eigenvalue weighted by molar-refractivity contribution is -0.148. The smallest absolute Gasteiger partial charge is 0.340 e. The molecule has 0 aliphatic heterocycles. The second kappa shape index (κ2) is 8.06. The zero-order valence-electron chi connectivity index (χ0n) is 12.6. The predicted molar refractivity (Wildman–Crippen MR) is 87.0 cm³/mol. The molecular weight excluding hydrogens is 364 g/mol. The Morgan fingerprint density at radius 3 is 2.52 bits per heavy atom. The highest BCUT2D eigenvalue weighted by Crippen LogP contribution is 2.28. The Kier molecular flexibility index (Phi) is 6.08. The van der Waals surface area contributed by atoms with Crippen LogP contribution in [-0.4, -0.2) is 25.0 Å². The molecule has 2 amide bonds. The molecule has 0 unspecified atom stereocenters. The molecular formula is C16H13ClF4N2O2. The Labute approximate surface area is 145 Å². The van der Waals surface area contributed by atoms with Gasteiger partial charge in [-0.2, -0.15) is 8.78 Å². The van der Waals surface area contributed by atoms with Crippen LogP contribution in [0.4, 0.5) is 33.7 Å². The van der Waals surface area contributed by atoms with Crippen LogP contribution in [0.25, 0.3) is 0 Å². The van der Waals surface area contributed by atoms with Gasteiger partial charge in [-0.05, 0) is 30.3 Å². The van der Waals surface area contributed by atoms with Crippen LogP contribution in [0, 0.1) is 0 Å². The number of carbonyl (C=O) groups excluding carboxylic acids is 1. The summed E-state index contributed by atoms with van der Waals surface area (Å²) >= 11 is 5.80. The third-order valence-corrected chi connectivity index (χ3v) is 3.19. The molecule has 0 atom stereocenters. The van der Waals surface area contributed by atoms with Crippen LogP contribution in [0.1, 0.15) is 0 Å². The number of amides is 2. The maximum atomic E-state index is 13.0. The van der Waals surface area contributed by atoms with E-state index in [9.17, 15) is 22.4 Å². The number of nitrogens with one attached hydrogen (secondary N) is 2. The number of halogens is 5. The highest BCUT2D eigenvalue weighted by molar-refractivity contribution is 6.30. The number of alkyl halides is 4. The summed E-state index contributed by atoms with van der Waals surface area (Å²) in [6, 6.07) is 11.3. The van der Waals surface area contributed by atoms with Gasteiger partial charge in [0.25, 0.3) is 0 Å². The van der Waals surface area contributed by atoms with Crippen molar-refractivity contribution >= 4 is 29.0 Å². The van der Waals surface area contributed by atoms with Gasteiger partial charge in [-0.25, -0.2) is 13.6 Å². The molecule has 2 N–H and O–H groups in total. The van der Waals surface area contributed by atoms with E-state index in [2.05, 4.69) is 10.6 Å². The molecule has 0 aliphatic rings. The van der Waals surface area contributed by atoms with Gasteiger partial charge in [0.15, 0.2) is 6.61 Å². The zero-order valence-corrected chi connectivity index (χ0v) is 13.4. The van der Waals surface area contributed by atoms with E-state index in [1.807, 2.05) is 0 Å². The average Bonchev–Trinajstić information content (AvgIpc) is 2.54. The lowest BCUT2D eigenvalue weighted by atomic mass is 10.3. The fourth-order valence-electron chi connectivity index (χ4n) is 1.78. The van der Waals surface area contributed by atoms with E-state index in [0.29, 0.717) is 10.7 Å². The molecule has 0 aromatic heterocycles. The number of hydrogen-bond donors (Lipinski definition) is 2. The largest absolute Gasteiger partial charge is 0.485 e. The molecule has 0 saturated carbocycles. The topological polar surface area (TPSA) is 50.4 Å². The Bertz CT molecular complexity index is 744. The van der Waals surface area contributed by atoms with Crippen molar-refractivity contribution in [1.29, 1.82) is 0 Å². The van der Waals surface area contributed by atoms with Crippen LogP contribution >= 0.6 is 11.6 Å². The van der Waals surface area contributed by atoms with Crippen LogP contribution < -0.4 is 15.4 Å². The highest BCUT2D eigenvalue weighted by atomic mass is 35.5. The Morgan fingerprint density at radius 2 is 1.84 bits per heavy atom. The number of urea groups is 1. The summed E-state index contributed by atoms with van der Waals surface area (Å²) < 4.78 is 55.0. The number of carbonyl (C=O) groups is 1. The minimum atomic E-state index is -4.30. The van der Waals surface area contributed by atoms with Crippen LogP contribution in [0.15, 0.2) is 48.5 Å². The van der Waals surface area contributed by atoms with Gasteiger partial charge in [0, 0.05) is 10.7 Å². The summed E-state index contributed by atoms with van der Waals surface area (Å²) in [5, 5.41) is 5.30. The fourth-order valence-corrected chi connectivity index (χ4v) is 1.97. The van der Waals surface area contributed by atoms with Crippen molar-refractivity contribution in [3.63, 3.8) is 0 Å². The van der Waals surface area contributed by atoms with Gasteiger partial charge in [-0.15, -0.1) is 0 Å². The first kappa shape index (κ1) is 18.9. The maximum absolute atomic E-state index is 13.0. The molecule has 0 aliphatic carbocycles. The number of benzene rings is 2. The number of rotatable bonds is 6. The van der Waals surface area contributed by atoms with Crippen LogP contribution in [0.2, 0.25) is 5.02 Å². The van der Waals surface area contributed by atoms with E-state index in [1.54, 1.807) is 18.2 Å². The highest BCUT2D eigenvalue weighted by Gasteiger charge is 2.41. The normalized spacial score (nSPS) is 11.3. The quantitative estimate of drug-likeness (QED) is 0.675. The maximum Gasteiger partial charge on any atom is 0.340 e. The van der Waals surface area contributed by atoms with E-state index in [0.717, 1.165) is 0 Å². The van der Waals surface area contributed by atoms with Crippen molar-refractivity contribution in [3.05, 3.63) is 53.6 Å². The number of para-hydroxylation sites is 2. The summed E-state index contributed by atoms with van der Waals surface area (Å²) in [4.78, 5) is 12.0. The van der Waals surface area contributed by atoms with Gasteiger partial charge in [0.05, 0.1) is 5.69 Å². The van der Waals surface area contributed by atoms with Crippen molar-refractivity contribution < 1.29 is 27.1 Å². The van der Waals surface area contributed by atoms with Gasteiger partial charge in [-0.1, -0.05) is 29.8 Å². The number of anilines is 2. The molecule has 0 heterocycles. The fraction of sp³-hybridized carbons (Fsp3) is 0.188. The lowest BCUT2D eigenvalue weighted by Gasteiger charge is -2.18. The molecule has 134 valence electrons. The molecule has 2 aromatic carbocycles. The molecule has 0 saturated heterocycles. The Hall–Kier alpha value is -2.48. The van der Waals surface area contributed by atoms with E-state index >= 15 is 0 Å². The minimum absolute atomic E-state index is 0.0482.